The van der Waals surface area contributed by atoms with Gasteiger partial charge >= 0.3 is 0 Å². The van der Waals surface area contributed by atoms with E-state index in [4.69, 9.17) is 0 Å². The van der Waals surface area contributed by atoms with E-state index in [2.05, 4.69) is 72.2 Å². The fraction of sp³-hybridized carbons (Fsp3) is 0.818. The van der Waals surface area contributed by atoms with Gasteiger partial charge in [0.2, 0.25) is 0 Å². The third-order valence-electron chi connectivity index (χ3n) is 2.19. The molecule has 0 aliphatic carbocycles. The Morgan fingerprint density at radius 3 is 1.93 bits per heavy atom. The van der Waals surface area contributed by atoms with E-state index in [1.165, 1.54) is 0 Å². The number of alkyl halides is 1. The lowest BCUT2D eigenvalue weighted by atomic mass is 9.94. The van der Waals surface area contributed by atoms with E-state index in [0.29, 0.717) is 0 Å². The molecule has 0 atom stereocenters. The predicted molar refractivity (Wildman–Crippen MR) is 66.3 cm³/mol. The Bertz CT molecular complexity index is 342. The lowest BCUT2D eigenvalue weighted by Crippen LogP contribution is -2.30. The van der Waals surface area contributed by atoms with E-state index < -0.39 is 0 Å². The molecule has 0 aromatic carbocycles. The molecule has 0 aliphatic heterocycles. The maximum absolute atomic E-state index is 4.31. The van der Waals surface area contributed by atoms with E-state index in [1.54, 1.807) is 0 Å². The topological polar surface area (TPSA) is 30.7 Å². The first kappa shape index (κ1) is 12.7. The van der Waals surface area contributed by atoms with Crippen molar-refractivity contribution in [2.75, 3.05) is 0 Å². The molecule has 1 aromatic heterocycles. The van der Waals surface area contributed by atoms with Crippen LogP contribution in [0.25, 0.3) is 0 Å². The second-order valence-electron chi connectivity index (χ2n) is 5.83. The number of nitrogens with zero attached hydrogens (tertiary/aromatic N) is 3. The second-order valence-corrected chi connectivity index (χ2v) is 6.39. The normalized spacial score (nSPS) is 13.3. The summed E-state index contributed by atoms with van der Waals surface area (Å²) in [5.74, 6) is 2.04. The van der Waals surface area contributed by atoms with Crippen LogP contribution in [0.4, 0.5) is 0 Å². The zero-order valence-corrected chi connectivity index (χ0v) is 12.0. The molecule has 1 aromatic rings. The van der Waals surface area contributed by atoms with Crippen LogP contribution in [0.2, 0.25) is 0 Å². The molecule has 0 N–H and O–H groups in total. The molecule has 1 heterocycles. The van der Waals surface area contributed by atoms with E-state index in [1.807, 2.05) is 0 Å². The smallest absolute Gasteiger partial charge is 0.144 e. The van der Waals surface area contributed by atoms with Crippen LogP contribution in [-0.2, 0) is 16.3 Å². The molecule has 0 saturated heterocycles. The van der Waals surface area contributed by atoms with Crippen LogP contribution in [0.3, 0.4) is 0 Å². The average molecular weight is 274 g/mol. The van der Waals surface area contributed by atoms with Crippen molar-refractivity contribution in [3.05, 3.63) is 11.6 Å². The zero-order valence-electron chi connectivity index (χ0n) is 10.4. The number of halogens is 1. The molecule has 0 fully saturated rings. The van der Waals surface area contributed by atoms with Crippen LogP contribution in [-0.4, -0.2) is 14.8 Å². The van der Waals surface area contributed by atoms with Crippen molar-refractivity contribution >= 4 is 15.9 Å². The van der Waals surface area contributed by atoms with Gasteiger partial charge in [-0.1, -0.05) is 36.7 Å². The van der Waals surface area contributed by atoms with Gasteiger partial charge in [0.15, 0.2) is 0 Å². The number of aromatic nitrogens is 3. The molecule has 0 aliphatic rings. The summed E-state index contributed by atoms with van der Waals surface area (Å²) in [6.45, 7) is 13.0. The van der Waals surface area contributed by atoms with Crippen molar-refractivity contribution in [3.8, 4) is 0 Å². The molecule has 0 spiro atoms. The Morgan fingerprint density at radius 2 is 1.60 bits per heavy atom. The summed E-state index contributed by atoms with van der Waals surface area (Å²) in [4.78, 5) is 0. The van der Waals surface area contributed by atoms with Crippen LogP contribution in [0.5, 0.6) is 0 Å². The third-order valence-corrected chi connectivity index (χ3v) is 2.69. The predicted octanol–water partition coefficient (Wildman–Crippen LogP) is 3.23. The molecular weight excluding hydrogens is 254 g/mol. The fourth-order valence-electron chi connectivity index (χ4n) is 1.59. The van der Waals surface area contributed by atoms with Gasteiger partial charge in [-0.25, -0.2) is 0 Å². The summed E-state index contributed by atoms with van der Waals surface area (Å²) in [6, 6.07) is 0. The molecule has 15 heavy (non-hydrogen) atoms. The molecule has 0 amide bonds. The summed E-state index contributed by atoms with van der Waals surface area (Å²) in [5.41, 5.74) is 0.0515. The van der Waals surface area contributed by atoms with E-state index in [0.717, 1.165) is 17.0 Å². The fourth-order valence-corrected chi connectivity index (χ4v) is 1.96. The van der Waals surface area contributed by atoms with Crippen LogP contribution >= 0.6 is 15.9 Å². The van der Waals surface area contributed by atoms with Crippen molar-refractivity contribution in [2.24, 2.45) is 0 Å². The first-order valence-corrected chi connectivity index (χ1v) is 6.31. The highest BCUT2D eigenvalue weighted by Crippen LogP contribution is 2.27. The van der Waals surface area contributed by atoms with Crippen LogP contribution < -0.4 is 0 Å². The summed E-state index contributed by atoms with van der Waals surface area (Å²) in [7, 11) is 0. The molecule has 0 unspecified atom stereocenters. The maximum atomic E-state index is 4.31. The molecule has 0 radical (unpaired) electrons. The molecule has 3 nitrogen and oxygen atoms in total. The van der Waals surface area contributed by atoms with Crippen molar-refractivity contribution < 1.29 is 0 Å². The lowest BCUT2D eigenvalue weighted by Gasteiger charge is -2.29. The molecule has 86 valence electrons. The highest BCUT2D eigenvalue weighted by atomic mass is 79.9. The minimum Gasteiger partial charge on any atom is -0.308 e. The number of hydrogen-bond acceptors (Lipinski definition) is 2. The summed E-state index contributed by atoms with van der Waals surface area (Å²) >= 11 is 3.46. The molecule has 4 heteroatoms. The Labute approximate surface area is 100 Å². The van der Waals surface area contributed by atoms with Gasteiger partial charge in [0.1, 0.15) is 11.6 Å². The summed E-state index contributed by atoms with van der Waals surface area (Å²) < 4.78 is 2.22. The Hall–Kier alpha value is -0.380. The lowest BCUT2D eigenvalue weighted by molar-refractivity contribution is 0.347. The van der Waals surface area contributed by atoms with Gasteiger partial charge in [0.05, 0.1) is 5.33 Å². The van der Waals surface area contributed by atoms with Crippen LogP contribution in [0.1, 0.15) is 53.2 Å². The van der Waals surface area contributed by atoms with E-state index in [-0.39, 0.29) is 11.0 Å². The van der Waals surface area contributed by atoms with Gasteiger partial charge in [0, 0.05) is 11.0 Å². The molecular formula is C11H20BrN3. The van der Waals surface area contributed by atoms with Crippen molar-refractivity contribution in [3.63, 3.8) is 0 Å². The molecule has 1 rings (SSSR count). The van der Waals surface area contributed by atoms with E-state index in [9.17, 15) is 0 Å². The first-order chi connectivity index (χ1) is 6.68. The Kier molecular flexibility index (Phi) is 3.29. The summed E-state index contributed by atoms with van der Waals surface area (Å²) in [6.07, 6.45) is 0. The summed E-state index contributed by atoms with van der Waals surface area (Å²) in [5, 5.41) is 9.28. The van der Waals surface area contributed by atoms with Crippen molar-refractivity contribution in [1.82, 2.24) is 14.8 Å². The Balaban J connectivity index is 3.37. The minimum atomic E-state index is 0.0230. The third kappa shape index (κ3) is 2.60. The van der Waals surface area contributed by atoms with Gasteiger partial charge in [-0.05, 0) is 20.8 Å². The van der Waals surface area contributed by atoms with Crippen LogP contribution in [0, 0.1) is 0 Å². The van der Waals surface area contributed by atoms with Gasteiger partial charge in [-0.15, -0.1) is 10.2 Å². The van der Waals surface area contributed by atoms with Gasteiger partial charge < -0.3 is 4.57 Å². The minimum absolute atomic E-state index is 0.0230. The van der Waals surface area contributed by atoms with Crippen molar-refractivity contribution in [2.45, 2.75) is 57.8 Å². The first-order valence-electron chi connectivity index (χ1n) is 5.19. The monoisotopic (exact) mass is 273 g/mol. The highest BCUT2D eigenvalue weighted by molar-refractivity contribution is 9.08. The quantitative estimate of drug-likeness (QED) is 0.736. The van der Waals surface area contributed by atoms with Crippen LogP contribution in [0.15, 0.2) is 0 Å². The molecule has 0 saturated carbocycles. The maximum Gasteiger partial charge on any atom is 0.144 e. The largest absolute Gasteiger partial charge is 0.308 e. The SMILES string of the molecule is CC(C)(C)c1nnc(CBr)n1C(C)(C)C. The number of hydrogen-bond donors (Lipinski definition) is 0. The second kappa shape index (κ2) is 3.89. The highest BCUT2D eigenvalue weighted by Gasteiger charge is 2.29. The van der Waals surface area contributed by atoms with Crippen molar-refractivity contribution in [1.29, 1.82) is 0 Å². The van der Waals surface area contributed by atoms with Gasteiger partial charge in [-0.2, -0.15) is 0 Å². The standard InChI is InChI=1S/C11H20BrN3/c1-10(2,3)9-14-13-8(7-12)15(9)11(4,5)6/h7H2,1-6H3. The Morgan fingerprint density at radius 1 is 1.07 bits per heavy atom. The van der Waals surface area contributed by atoms with Gasteiger partial charge in [-0.3, -0.25) is 0 Å². The van der Waals surface area contributed by atoms with Gasteiger partial charge in [0.25, 0.3) is 0 Å². The van der Waals surface area contributed by atoms with E-state index >= 15 is 0 Å². The zero-order chi connectivity index (χ0) is 11.9. The molecule has 0 bridgehead atoms. The average Bonchev–Trinajstić information content (AvgIpc) is 2.44. The number of rotatable bonds is 1.